The summed E-state index contributed by atoms with van der Waals surface area (Å²) in [6, 6.07) is 3.43. The molecule has 1 aliphatic rings. The maximum atomic E-state index is 5.66. The van der Waals surface area contributed by atoms with Crippen molar-refractivity contribution in [3.8, 4) is 5.88 Å². The Morgan fingerprint density at radius 1 is 1.59 bits per heavy atom. The lowest BCUT2D eigenvalue weighted by Crippen LogP contribution is -2.22. The topological polar surface area (TPSA) is 66.6 Å². The summed E-state index contributed by atoms with van der Waals surface area (Å²) in [5.74, 6) is 0.0725. The lowest BCUT2D eigenvalue weighted by molar-refractivity contribution is -0.139. The van der Waals surface area contributed by atoms with Crippen LogP contribution in [-0.2, 0) is 9.47 Å². The van der Waals surface area contributed by atoms with Gasteiger partial charge in [0, 0.05) is 24.4 Å². The lowest BCUT2D eigenvalue weighted by Gasteiger charge is -2.17. The molecule has 0 bridgehead atoms. The number of anilines is 1. The number of rotatable bonds is 4. The first-order valence-corrected chi connectivity index (χ1v) is 5.71. The second kappa shape index (κ2) is 4.89. The summed E-state index contributed by atoms with van der Waals surface area (Å²) in [5.41, 5.74) is 6.27. The summed E-state index contributed by atoms with van der Waals surface area (Å²) in [6.07, 6.45) is 2.49. The Kier molecular flexibility index (Phi) is 3.49. The summed E-state index contributed by atoms with van der Waals surface area (Å²) >= 11 is 0. The average molecular weight is 238 g/mol. The van der Waals surface area contributed by atoms with Crippen molar-refractivity contribution in [2.24, 2.45) is 0 Å². The molecule has 17 heavy (non-hydrogen) atoms. The molecule has 2 heterocycles. The normalized spacial score (nSPS) is 22.6. The zero-order valence-electron chi connectivity index (χ0n) is 10.2. The summed E-state index contributed by atoms with van der Waals surface area (Å²) < 4.78 is 16.6. The van der Waals surface area contributed by atoms with E-state index in [-0.39, 0.29) is 6.10 Å². The van der Waals surface area contributed by atoms with Gasteiger partial charge in [-0.05, 0) is 19.9 Å². The molecule has 5 nitrogen and oxygen atoms in total. The quantitative estimate of drug-likeness (QED) is 0.862. The molecule has 0 aromatic carbocycles. The molecule has 1 atom stereocenters. The van der Waals surface area contributed by atoms with Crippen molar-refractivity contribution in [1.29, 1.82) is 0 Å². The first-order valence-electron chi connectivity index (χ1n) is 5.71. The van der Waals surface area contributed by atoms with Crippen molar-refractivity contribution in [1.82, 2.24) is 4.98 Å². The second-order valence-electron chi connectivity index (χ2n) is 4.52. The summed E-state index contributed by atoms with van der Waals surface area (Å²) in [5, 5.41) is 0. The third-order valence-corrected chi connectivity index (χ3v) is 2.52. The zero-order chi connectivity index (χ0) is 12.3. The van der Waals surface area contributed by atoms with Crippen molar-refractivity contribution in [2.75, 3.05) is 18.9 Å². The minimum Gasteiger partial charge on any atom is -0.478 e. The molecule has 5 heteroatoms. The second-order valence-corrected chi connectivity index (χ2v) is 4.52. The van der Waals surface area contributed by atoms with E-state index in [1.807, 2.05) is 13.8 Å². The van der Waals surface area contributed by atoms with E-state index in [1.54, 1.807) is 18.3 Å². The molecule has 2 rings (SSSR count). The van der Waals surface area contributed by atoms with E-state index in [0.29, 0.717) is 24.8 Å². The van der Waals surface area contributed by atoms with E-state index < -0.39 is 5.79 Å². The van der Waals surface area contributed by atoms with Crippen molar-refractivity contribution in [2.45, 2.75) is 32.2 Å². The number of hydrogen-bond donors (Lipinski definition) is 1. The number of aromatic nitrogens is 1. The monoisotopic (exact) mass is 238 g/mol. The molecule has 2 N–H and O–H groups in total. The number of nitrogens with two attached hydrogens (primary N) is 1. The van der Waals surface area contributed by atoms with E-state index in [2.05, 4.69) is 4.98 Å². The third kappa shape index (κ3) is 3.57. The Bertz CT molecular complexity index is 382. The fraction of sp³-hybridized carbons (Fsp3) is 0.583. The maximum Gasteiger partial charge on any atom is 0.215 e. The highest BCUT2D eigenvalue weighted by atomic mass is 16.7. The van der Waals surface area contributed by atoms with E-state index in [9.17, 15) is 0 Å². The molecule has 1 saturated heterocycles. The highest BCUT2D eigenvalue weighted by Gasteiger charge is 2.32. The lowest BCUT2D eigenvalue weighted by atomic mass is 10.3. The van der Waals surface area contributed by atoms with E-state index in [0.717, 1.165) is 6.42 Å². The standard InChI is InChI=1S/C12H18N2O3/c1-12(2)16-8-10(17-12)4-6-15-11-7-9(13)3-5-14-11/h3,5,7,10H,4,6,8H2,1-2H3,(H2,13,14)/t10-/m1/s1. The fourth-order valence-electron chi connectivity index (χ4n) is 1.70. The summed E-state index contributed by atoms with van der Waals surface area (Å²) in [4.78, 5) is 4.06. The number of nitrogens with zero attached hydrogens (tertiary/aromatic N) is 1. The van der Waals surface area contributed by atoms with Crippen LogP contribution in [0.4, 0.5) is 5.69 Å². The highest BCUT2D eigenvalue weighted by molar-refractivity contribution is 5.39. The van der Waals surface area contributed by atoms with Crippen molar-refractivity contribution in [3.05, 3.63) is 18.3 Å². The zero-order valence-corrected chi connectivity index (χ0v) is 10.2. The first-order chi connectivity index (χ1) is 8.05. The van der Waals surface area contributed by atoms with Gasteiger partial charge < -0.3 is 19.9 Å². The first kappa shape index (κ1) is 12.1. The Morgan fingerprint density at radius 2 is 2.41 bits per heavy atom. The molecular weight excluding hydrogens is 220 g/mol. The van der Waals surface area contributed by atoms with Crippen LogP contribution in [0.2, 0.25) is 0 Å². The molecule has 0 aliphatic carbocycles. The highest BCUT2D eigenvalue weighted by Crippen LogP contribution is 2.24. The largest absolute Gasteiger partial charge is 0.478 e. The van der Waals surface area contributed by atoms with Gasteiger partial charge in [0.25, 0.3) is 0 Å². The fourth-order valence-corrected chi connectivity index (χ4v) is 1.70. The number of pyridine rings is 1. The van der Waals surface area contributed by atoms with Crippen LogP contribution < -0.4 is 10.5 Å². The molecule has 94 valence electrons. The summed E-state index contributed by atoms with van der Waals surface area (Å²) in [7, 11) is 0. The molecule has 0 radical (unpaired) electrons. The Balaban J connectivity index is 1.73. The van der Waals surface area contributed by atoms with Crippen LogP contribution in [0, 0.1) is 0 Å². The summed E-state index contributed by atoms with van der Waals surface area (Å²) in [6.45, 7) is 4.97. The smallest absolute Gasteiger partial charge is 0.215 e. The predicted molar refractivity (Wildman–Crippen MR) is 63.7 cm³/mol. The molecule has 0 amide bonds. The van der Waals surface area contributed by atoms with Crippen LogP contribution in [-0.4, -0.2) is 30.1 Å². The van der Waals surface area contributed by atoms with Gasteiger partial charge in [0.1, 0.15) is 0 Å². The molecule has 0 unspecified atom stereocenters. The number of hydrogen-bond acceptors (Lipinski definition) is 5. The van der Waals surface area contributed by atoms with Gasteiger partial charge in [0.15, 0.2) is 5.79 Å². The van der Waals surface area contributed by atoms with Gasteiger partial charge in [-0.3, -0.25) is 0 Å². The minimum absolute atomic E-state index is 0.0889. The number of nitrogen functional groups attached to an aromatic ring is 1. The van der Waals surface area contributed by atoms with Crippen LogP contribution >= 0.6 is 0 Å². The van der Waals surface area contributed by atoms with Crippen molar-refractivity contribution >= 4 is 5.69 Å². The van der Waals surface area contributed by atoms with Crippen LogP contribution in [0.25, 0.3) is 0 Å². The number of ether oxygens (including phenoxy) is 3. The molecule has 0 saturated carbocycles. The van der Waals surface area contributed by atoms with Gasteiger partial charge in [-0.25, -0.2) is 4.98 Å². The maximum absolute atomic E-state index is 5.66. The van der Waals surface area contributed by atoms with E-state index in [4.69, 9.17) is 19.9 Å². The van der Waals surface area contributed by atoms with E-state index >= 15 is 0 Å². The molecule has 1 fully saturated rings. The van der Waals surface area contributed by atoms with Gasteiger partial charge in [-0.15, -0.1) is 0 Å². The van der Waals surface area contributed by atoms with Crippen LogP contribution in [0.1, 0.15) is 20.3 Å². The van der Waals surface area contributed by atoms with E-state index in [1.165, 1.54) is 0 Å². The predicted octanol–water partition coefficient (Wildman–Crippen LogP) is 1.58. The van der Waals surface area contributed by atoms with Crippen LogP contribution in [0.15, 0.2) is 18.3 Å². The SMILES string of the molecule is CC1(C)OC[C@@H](CCOc2cc(N)ccn2)O1. The van der Waals surface area contributed by atoms with Gasteiger partial charge in [0.05, 0.1) is 19.3 Å². The molecule has 1 aliphatic heterocycles. The molecule has 0 spiro atoms. The Hall–Kier alpha value is -1.33. The van der Waals surface area contributed by atoms with Gasteiger partial charge in [-0.1, -0.05) is 0 Å². The molecule has 1 aromatic rings. The average Bonchev–Trinajstić information content (AvgIpc) is 2.58. The molecule has 1 aromatic heterocycles. The van der Waals surface area contributed by atoms with Gasteiger partial charge >= 0.3 is 0 Å². The van der Waals surface area contributed by atoms with Crippen molar-refractivity contribution in [3.63, 3.8) is 0 Å². The Labute approximate surface area is 101 Å². The van der Waals surface area contributed by atoms with Crippen LogP contribution in [0.3, 0.4) is 0 Å². The Morgan fingerprint density at radius 3 is 3.06 bits per heavy atom. The molecular formula is C12H18N2O3. The van der Waals surface area contributed by atoms with Gasteiger partial charge in [0.2, 0.25) is 5.88 Å². The van der Waals surface area contributed by atoms with Crippen molar-refractivity contribution < 1.29 is 14.2 Å². The van der Waals surface area contributed by atoms with Gasteiger partial charge in [-0.2, -0.15) is 0 Å². The minimum atomic E-state index is -0.472. The van der Waals surface area contributed by atoms with Crippen LogP contribution in [0.5, 0.6) is 5.88 Å². The third-order valence-electron chi connectivity index (χ3n) is 2.52.